The molecule has 0 bridgehead atoms. The van der Waals surface area contributed by atoms with Gasteiger partial charge in [0.2, 0.25) is 10.0 Å². The first-order valence-corrected chi connectivity index (χ1v) is 6.58. The van der Waals surface area contributed by atoms with Crippen molar-refractivity contribution in [3.8, 4) is 0 Å². The summed E-state index contributed by atoms with van der Waals surface area (Å²) in [6.07, 6.45) is 0. The molecule has 1 N–H and O–H groups in total. The molecule has 0 radical (unpaired) electrons. The van der Waals surface area contributed by atoms with Crippen LogP contribution in [0.5, 0.6) is 0 Å². The van der Waals surface area contributed by atoms with Crippen molar-refractivity contribution in [3.63, 3.8) is 0 Å². The number of methoxy groups -OCH3 is 1. The topological polar surface area (TPSA) is 72.5 Å². The highest BCUT2D eigenvalue weighted by Gasteiger charge is 2.22. The Morgan fingerprint density at radius 1 is 1.35 bits per heavy atom. The maximum Gasteiger partial charge on any atom is 0.323 e. The standard InChI is InChI=1S/C10H12ClNO4S/c1-7(10(13)16-2)12-17(14,15)9-5-3-8(11)4-6-9/h3-7,12H,1-2H3. The van der Waals surface area contributed by atoms with Crippen molar-refractivity contribution in [3.05, 3.63) is 29.3 Å². The lowest BCUT2D eigenvalue weighted by Crippen LogP contribution is -2.39. The Kier molecular flexibility index (Phi) is 4.50. The van der Waals surface area contributed by atoms with Crippen LogP contribution < -0.4 is 4.72 Å². The van der Waals surface area contributed by atoms with Gasteiger partial charge in [0.05, 0.1) is 12.0 Å². The van der Waals surface area contributed by atoms with E-state index in [1.807, 2.05) is 0 Å². The molecule has 1 aromatic rings. The van der Waals surface area contributed by atoms with E-state index in [1.165, 1.54) is 38.3 Å². The van der Waals surface area contributed by atoms with E-state index in [0.717, 1.165) is 0 Å². The number of esters is 1. The van der Waals surface area contributed by atoms with Crippen molar-refractivity contribution >= 4 is 27.6 Å². The van der Waals surface area contributed by atoms with Gasteiger partial charge in [-0.1, -0.05) is 11.6 Å². The van der Waals surface area contributed by atoms with Crippen LogP contribution in [0.25, 0.3) is 0 Å². The number of sulfonamides is 1. The molecule has 0 amide bonds. The molecule has 7 heteroatoms. The zero-order valence-electron chi connectivity index (χ0n) is 9.31. The first-order chi connectivity index (χ1) is 7.86. The number of rotatable bonds is 4. The highest BCUT2D eigenvalue weighted by molar-refractivity contribution is 7.89. The first-order valence-electron chi connectivity index (χ1n) is 4.72. The lowest BCUT2D eigenvalue weighted by atomic mass is 10.4. The van der Waals surface area contributed by atoms with Gasteiger partial charge in [-0.3, -0.25) is 4.79 Å². The summed E-state index contributed by atoms with van der Waals surface area (Å²) in [7, 11) is -2.55. The zero-order valence-corrected chi connectivity index (χ0v) is 10.9. The second-order valence-corrected chi connectivity index (χ2v) is 5.47. The van der Waals surface area contributed by atoms with Crippen molar-refractivity contribution < 1.29 is 17.9 Å². The number of ether oxygens (including phenoxy) is 1. The van der Waals surface area contributed by atoms with Crippen LogP contribution in [-0.4, -0.2) is 27.5 Å². The third kappa shape index (κ3) is 3.69. The largest absolute Gasteiger partial charge is 0.468 e. The minimum Gasteiger partial charge on any atom is -0.468 e. The molecule has 5 nitrogen and oxygen atoms in total. The van der Waals surface area contributed by atoms with Gasteiger partial charge in [-0.25, -0.2) is 8.42 Å². The molecule has 17 heavy (non-hydrogen) atoms. The number of carbonyl (C=O) groups excluding carboxylic acids is 1. The maximum atomic E-state index is 11.8. The van der Waals surface area contributed by atoms with Crippen LogP contribution in [0, 0.1) is 0 Å². The monoisotopic (exact) mass is 277 g/mol. The molecule has 0 aliphatic heterocycles. The van der Waals surface area contributed by atoms with Crippen molar-refractivity contribution in [2.75, 3.05) is 7.11 Å². The van der Waals surface area contributed by atoms with E-state index >= 15 is 0 Å². The summed E-state index contributed by atoms with van der Waals surface area (Å²) >= 11 is 5.65. The van der Waals surface area contributed by atoms with Crippen LogP contribution in [-0.2, 0) is 19.6 Å². The van der Waals surface area contributed by atoms with Crippen LogP contribution in [0.15, 0.2) is 29.2 Å². The van der Waals surface area contributed by atoms with E-state index in [2.05, 4.69) is 9.46 Å². The molecule has 1 aromatic carbocycles. The zero-order chi connectivity index (χ0) is 13.1. The smallest absolute Gasteiger partial charge is 0.323 e. The molecule has 94 valence electrons. The van der Waals surface area contributed by atoms with E-state index in [9.17, 15) is 13.2 Å². The van der Waals surface area contributed by atoms with Gasteiger partial charge < -0.3 is 4.74 Å². The molecule has 1 atom stereocenters. The fourth-order valence-corrected chi connectivity index (χ4v) is 2.46. The van der Waals surface area contributed by atoms with Crippen molar-refractivity contribution in [2.45, 2.75) is 17.9 Å². The van der Waals surface area contributed by atoms with Crippen LogP contribution in [0.3, 0.4) is 0 Å². The number of carbonyl (C=O) groups is 1. The van der Waals surface area contributed by atoms with Gasteiger partial charge in [-0.2, -0.15) is 4.72 Å². The lowest BCUT2D eigenvalue weighted by molar-refractivity contribution is -0.142. The van der Waals surface area contributed by atoms with Crippen LogP contribution in [0.4, 0.5) is 0 Å². The quantitative estimate of drug-likeness (QED) is 0.839. The molecule has 1 rings (SSSR count). The summed E-state index contributed by atoms with van der Waals surface area (Å²) in [6, 6.07) is 4.68. The van der Waals surface area contributed by atoms with Gasteiger partial charge in [0.25, 0.3) is 0 Å². The summed E-state index contributed by atoms with van der Waals surface area (Å²) in [5, 5.41) is 0.435. The Hall–Kier alpha value is -1.11. The average Bonchev–Trinajstić information content (AvgIpc) is 2.27. The van der Waals surface area contributed by atoms with Crippen LogP contribution >= 0.6 is 11.6 Å². The molecule has 0 aliphatic rings. The maximum absolute atomic E-state index is 11.8. The third-order valence-corrected chi connectivity index (χ3v) is 3.82. The molecule has 0 heterocycles. The molecule has 0 aliphatic carbocycles. The second kappa shape index (κ2) is 5.48. The minimum absolute atomic E-state index is 0.0395. The lowest BCUT2D eigenvalue weighted by Gasteiger charge is -2.11. The Balaban J connectivity index is 2.89. The first kappa shape index (κ1) is 14.0. The van der Waals surface area contributed by atoms with Gasteiger partial charge in [0, 0.05) is 5.02 Å². The number of hydrogen-bond acceptors (Lipinski definition) is 4. The van der Waals surface area contributed by atoms with Gasteiger partial charge in [-0.05, 0) is 31.2 Å². The number of hydrogen-bond donors (Lipinski definition) is 1. The van der Waals surface area contributed by atoms with Crippen molar-refractivity contribution in [2.24, 2.45) is 0 Å². The molecule has 0 aromatic heterocycles. The fourth-order valence-electron chi connectivity index (χ4n) is 1.14. The predicted molar refractivity (Wildman–Crippen MR) is 63.3 cm³/mol. The van der Waals surface area contributed by atoms with E-state index in [0.29, 0.717) is 5.02 Å². The summed E-state index contributed by atoms with van der Waals surface area (Å²) in [5.74, 6) is -0.650. The number of halogens is 1. The van der Waals surface area contributed by atoms with Crippen molar-refractivity contribution in [1.29, 1.82) is 0 Å². The molecular formula is C10H12ClNO4S. The SMILES string of the molecule is COC(=O)C(C)NS(=O)(=O)c1ccc(Cl)cc1. The minimum atomic E-state index is -3.74. The van der Waals surface area contributed by atoms with E-state index in [4.69, 9.17) is 11.6 Å². The average molecular weight is 278 g/mol. The van der Waals surface area contributed by atoms with Crippen LogP contribution in [0.2, 0.25) is 5.02 Å². The van der Waals surface area contributed by atoms with Gasteiger partial charge in [0.15, 0.2) is 0 Å². The Bertz CT molecular complexity index is 498. The van der Waals surface area contributed by atoms with Crippen molar-refractivity contribution in [1.82, 2.24) is 4.72 Å². The molecule has 0 spiro atoms. The molecule has 0 saturated carbocycles. The molecular weight excluding hydrogens is 266 g/mol. The Morgan fingerprint density at radius 2 is 1.88 bits per heavy atom. The predicted octanol–water partition coefficient (Wildman–Crippen LogP) is 1.18. The normalized spacial score (nSPS) is 13.1. The molecule has 0 saturated heterocycles. The highest BCUT2D eigenvalue weighted by atomic mass is 35.5. The van der Waals surface area contributed by atoms with Crippen LogP contribution in [0.1, 0.15) is 6.92 Å². The number of nitrogens with one attached hydrogen (secondary N) is 1. The fraction of sp³-hybridized carbons (Fsp3) is 0.300. The second-order valence-electron chi connectivity index (χ2n) is 3.32. The van der Waals surface area contributed by atoms with E-state index in [1.54, 1.807) is 0 Å². The summed E-state index contributed by atoms with van der Waals surface area (Å²) < 4.78 is 30.2. The van der Waals surface area contributed by atoms with Gasteiger partial charge >= 0.3 is 5.97 Å². The van der Waals surface area contributed by atoms with E-state index < -0.39 is 22.0 Å². The van der Waals surface area contributed by atoms with E-state index in [-0.39, 0.29) is 4.90 Å². The molecule has 0 fully saturated rings. The van der Waals surface area contributed by atoms with Gasteiger partial charge in [0.1, 0.15) is 6.04 Å². The Morgan fingerprint density at radius 3 is 2.35 bits per heavy atom. The Labute approximate surface area is 105 Å². The number of benzene rings is 1. The summed E-state index contributed by atoms with van der Waals surface area (Å²) in [4.78, 5) is 11.1. The third-order valence-electron chi connectivity index (χ3n) is 2.01. The summed E-state index contributed by atoms with van der Waals surface area (Å²) in [5.41, 5.74) is 0. The summed E-state index contributed by atoms with van der Waals surface area (Å²) in [6.45, 7) is 1.40. The van der Waals surface area contributed by atoms with Gasteiger partial charge in [-0.15, -0.1) is 0 Å². The molecule has 1 unspecified atom stereocenters. The highest BCUT2D eigenvalue weighted by Crippen LogP contribution is 2.14.